The van der Waals surface area contributed by atoms with Crippen LogP contribution in [0.25, 0.3) is 32.6 Å². The predicted molar refractivity (Wildman–Crippen MR) is 145 cm³/mol. The number of benzene rings is 3. The number of amides is 1. The first kappa shape index (κ1) is 22.6. The van der Waals surface area contributed by atoms with Crippen molar-refractivity contribution in [3.63, 3.8) is 0 Å². The predicted octanol–water partition coefficient (Wildman–Crippen LogP) is 7.09. The van der Waals surface area contributed by atoms with Crippen molar-refractivity contribution in [2.24, 2.45) is 0 Å². The van der Waals surface area contributed by atoms with E-state index >= 15 is 0 Å². The van der Waals surface area contributed by atoms with Crippen molar-refractivity contribution in [1.29, 1.82) is 0 Å². The molecule has 5 nitrogen and oxygen atoms in total. The van der Waals surface area contributed by atoms with Gasteiger partial charge >= 0.3 is 0 Å². The fraction of sp³-hybridized carbons (Fsp3) is 0.103. The molecule has 0 radical (unpaired) electrons. The zero-order chi connectivity index (χ0) is 24.5. The summed E-state index contributed by atoms with van der Waals surface area (Å²) in [6, 6.07) is 25.8. The molecule has 6 heteroatoms. The van der Waals surface area contributed by atoms with Gasteiger partial charge in [0.2, 0.25) is 0 Å². The number of nitrogens with two attached hydrogens (primary N) is 1. The van der Waals surface area contributed by atoms with Gasteiger partial charge in [0.25, 0.3) is 5.91 Å². The number of hydrogen-bond acceptors (Lipinski definition) is 5. The van der Waals surface area contributed by atoms with E-state index in [1.807, 2.05) is 86.6 Å². The summed E-state index contributed by atoms with van der Waals surface area (Å²) in [5, 5.41) is 3.79. The highest BCUT2D eigenvalue weighted by Gasteiger charge is 2.22. The van der Waals surface area contributed by atoms with Crippen LogP contribution in [-0.4, -0.2) is 18.0 Å². The van der Waals surface area contributed by atoms with Gasteiger partial charge in [-0.15, -0.1) is 11.3 Å². The number of carbonyl (C=O) groups excluding carboxylic acids is 1. The second-order valence-corrected chi connectivity index (χ2v) is 9.50. The largest absolute Gasteiger partial charge is 0.497 e. The van der Waals surface area contributed by atoms with Crippen molar-refractivity contribution < 1.29 is 9.53 Å². The van der Waals surface area contributed by atoms with E-state index in [0.29, 0.717) is 10.6 Å². The molecule has 35 heavy (non-hydrogen) atoms. The molecule has 0 aliphatic rings. The summed E-state index contributed by atoms with van der Waals surface area (Å²) in [5.74, 6) is 0.534. The number of nitrogen functional groups attached to an aromatic ring is 1. The molecule has 0 saturated heterocycles. The molecule has 3 N–H and O–H groups in total. The number of thiophene rings is 1. The molecule has 3 aromatic carbocycles. The van der Waals surface area contributed by atoms with Crippen LogP contribution in [0.4, 0.5) is 11.4 Å². The van der Waals surface area contributed by atoms with Gasteiger partial charge in [0.1, 0.15) is 15.5 Å². The molecule has 174 valence electrons. The highest BCUT2D eigenvalue weighted by Crippen LogP contribution is 2.42. The standard InChI is InChI=1S/C29H25N3O2S/c1-17-13-18(2)15-21(14-17)31-28(33)27-26(30)25-23(19-9-11-22(34-3)12-10-19)16-24(32-29(25)35-27)20-7-5-4-6-8-20/h4-16H,30H2,1-3H3,(H,31,33). The first-order valence-electron chi connectivity index (χ1n) is 11.3. The lowest BCUT2D eigenvalue weighted by molar-refractivity contribution is 0.103. The van der Waals surface area contributed by atoms with Crippen LogP contribution in [0.3, 0.4) is 0 Å². The van der Waals surface area contributed by atoms with Crippen molar-refractivity contribution in [3.8, 4) is 28.1 Å². The van der Waals surface area contributed by atoms with E-state index in [2.05, 4.69) is 11.4 Å². The van der Waals surface area contributed by atoms with Crippen LogP contribution in [-0.2, 0) is 0 Å². The molecule has 5 rings (SSSR count). The van der Waals surface area contributed by atoms with Crippen LogP contribution in [0.2, 0.25) is 0 Å². The Bertz CT molecular complexity index is 1520. The smallest absolute Gasteiger partial charge is 0.267 e. The summed E-state index contributed by atoms with van der Waals surface area (Å²) < 4.78 is 5.33. The second-order valence-electron chi connectivity index (χ2n) is 8.51. The molecule has 5 aromatic rings. The number of methoxy groups -OCH3 is 1. The number of aromatic nitrogens is 1. The summed E-state index contributed by atoms with van der Waals surface area (Å²) in [5.41, 5.74) is 13.7. The number of anilines is 2. The van der Waals surface area contributed by atoms with Crippen LogP contribution < -0.4 is 15.8 Å². The highest BCUT2D eigenvalue weighted by molar-refractivity contribution is 7.21. The van der Waals surface area contributed by atoms with Crippen LogP contribution in [0, 0.1) is 13.8 Å². The lowest BCUT2D eigenvalue weighted by Gasteiger charge is -2.10. The molecule has 0 unspecified atom stereocenters. The molecule has 0 saturated carbocycles. The third-order valence-corrected chi connectivity index (χ3v) is 6.95. The number of nitrogens with zero attached hydrogens (tertiary/aromatic N) is 1. The summed E-state index contributed by atoms with van der Waals surface area (Å²) in [7, 11) is 1.64. The van der Waals surface area contributed by atoms with Gasteiger partial charge < -0.3 is 15.8 Å². The van der Waals surface area contributed by atoms with Crippen molar-refractivity contribution in [1.82, 2.24) is 4.98 Å². The maximum atomic E-state index is 13.3. The zero-order valence-electron chi connectivity index (χ0n) is 19.8. The topological polar surface area (TPSA) is 77.2 Å². The molecule has 1 amide bonds. The number of carbonyl (C=O) groups is 1. The first-order valence-corrected chi connectivity index (χ1v) is 12.1. The maximum absolute atomic E-state index is 13.3. The van der Waals surface area contributed by atoms with E-state index in [-0.39, 0.29) is 5.91 Å². The molecular weight excluding hydrogens is 454 g/mol. The van der Waals surface area contributed by atoms with Gasteiger partial charge in [-0.1, -0.05) is 48.5 Å². The average molecular weight is 480 g/mol. The van der Waals surface area contributed by atoms with Gasteiger partial charge in [0, 0.05) is 16.6 Å². The molecule has 0 atom stereocenters. The number of rotatable bonds is 5. The van der Waals surface area contributed by atoms with E-state index in [0.717, 1.165) is 55.2 Å². The summed E-state index contributed by atoms with van der Waals surface area (Å²) in [6.07, 6.45) is 0. The Hall–Kier alpha value is -4.16. The second kappa shape index (κ2) is 9.24. The zero-order valence-corrected chi connectivity index (χ0v) is 20.6. The normalized spacial score (nSPS) is 10.9. The molecule has 0 aliphatic carbocycles. The number of aryl methyl sites for hydroxylation is 2. The SMILES string of the molecule is COc1ccc(-c2cc(-c3ccccc3)nc3sc(C(=O)Nc4cc(C)cc(C)c4)c(N)c23)cc1. The van der Waals surface area contributed by atoms with Crippen molar-refractivity contribution in [3.05, 3.63) is 94.9 Å². The lowest BCUT2D eigenvalue weighted by atomic mass is 9.99. The van der Waals surface area contributed by atoms with Gasteiger partial charge in [-0.3, -0.25) is 4.79 Å². The number of fused-ring (bicyclic) bond motifs is 1. The minimum atomic E-state index is -0.238. The van der Waals surface area contributed by atoms with Crippen LogP contribution >= 0.6 is 11.3 Å². The third kappa shape index (κ3) is 4.48. The molecule has 0 fully saturated rings. The monoisotopic (exact) mass is 479 g/mol. The van der Waals surface area contributed by atoms with Crippen LogP contribution in [0.5, 0.6) is 5.75 Å². The van der Waals surface area contributed by atoms with Crippen molar-refractivity contribution in [2.75, 3.05) is 18.2 Å². The number of ether oxygens (including phenoxy) is 1. The van der Waals surface area contributed by atoms with Crippen molar-refractivity contribution in [2.45, 2.75) is 13.8 Å². The summed E-state index contributed by atoms with van der Waals surface area (Å²) in [6.45, 7) is 4.01. The summed E-state index contributed by atoms with van der Waals surface area (Å²) in [4.78, 5) is 19.4. The Morgan fingerprint density at radius 1 is 0.914 bits per heavy atom. The van der Waals surface area contributed by atoms with Gasteiger partial charge in [-0.25, -0.2) is 4.98 Å². The average Bonchev–Trinajstić information content (AvgIpc) is 3.20. The molecule has 0 bridgehead atoms. The van der Waals surface area contributed by atoms with Crippen molar-refractivity contribution >= 4 is 38.8 Å². The fourth-order valence-corrected chi connectivity index (χ4v) is 5.29. The minimum Gasteiger partial charge on any atom is -0.497 e. The Morgan fingerprint density at radius 2 is 1.60 bits per heavy atom. The van der Waals surface area contributed by atoms with Crippen LogP contribution in [0.15, 0.2) is 78.9 Å². The maximum Gasteiger partial charge on any atom is 0.267 e. The molecular formula is C29H25N3O2S. The third-order valence-electron chi connectivity index (χ3n) is 5.86. The van der Waals surface area contributed by atoms with E-state index in [4.69, 9.17) is 15.5 Å². The van der Waals surface area contributed by atoms with E-state index in [1.165, 1.54) is 11.3 Å². The summed E-state index contributed by atoms with van der Waals surface area (Å²) >= 11 is 1.31. The van der Waals surface area contributed by atoms with E-state index in [9.17, 15) is 4.79 Å². The van der Waals surface area contributed by atoms with Crippen LogP contribution in [0.1, 0.15) is 20.8 Å². The fourth-order valence-electron chi connectivity index (χ4n) is 4.28. The first-order chi connectivity index (χ1) is 16.9. The number of hydrogen-bond donors (Lipinski definition) is 2. The van der Waals surface area contributed by atoms with E-state index < -0.39 is 0 Å². The Balaban J connectivity index is 1.66. The van der Waals surface area contributed by atoms with Gasteiger partial charge in [-0.2, -0.15) is 0 Å². The highest BCUT2D eigenvalue weighted by atomic mass is 32.1. The molecule has 2 heterocycles. The van der Waals surface area contributed by atoms with E-state index in [1.54, 1.807) is 7.11 Å². The van der Waals surface area contributed by atoms with Gasteiger partial charge in [-0.05, 0) is 66.4 Å². The Kier molecular flexibility index (Phi) is 5.97. The lowest BCUT2D eigenvalue weighted by Crippen LogP contribution is -2.12. The van der Waals surface area contributed by atoms with Gasteiger partial charge in [0.15, 0.2) is 0 Å². The Labute approximate surface area is 208 Å². The molecule has 0 aliphatic heterocycles. The Morgan fingerprint density at radius 3 is 2.26 bits per heavy atom. The van der Waals surface area contributed by atoms with Gasteiger partial charge in [0.05, 0.1) is 18.5 Å². The number of nitrogens with one attached hydrogen (secondary N) is 1. The number of pyridine rings is 1. The quantitative estimate of drug-likeness (QED) is 0.282. The minimum absolute atomic E-state index is 0.238. The molecule has 0 spiro atoms. The molecule has 2 aromatic heterocycles.